The van der Waals surface area contributed by atoms with Crippen LogP contribution in [-0.2, 0) is 17.9 Å². The Kier molecular flexibility index (Phi) is 5.52. The minimum atomic E-state index is -0.445. The maximum Gasteiger partial charge on any atom is 0.333 e. The molecule has 2 aliphatic rings. The summed E-state index contributed by atoms with van der Waals surface area (Å²) in [4.78, 5) is 45.2. The van der Waals surface area contributed by atoms with Crippen LogP contribution in [-0.4, -0.2) is 39.2 Å². The van der Waals surface area contributed by atoms with Crippen LogP contribution >= 0.6 is 11.3 Å². The van der Waals surface area contributed by atoms with E-state index in [0.717, 1.165) is 56.7 Å². The van der Waals surface area contributed by atoms with Crippen LogP contribution in [0.25, 0.3) is 10.3 Å². The summed E-state index contributed by atoms with van der Waals surface area (Å²) in [6, 6.07) is 0.191. The third-order valence-corrected chi connectivity index (χ3v) is 6.69. The van der Waals surface area contributed by atoms with Gasteiger partial charge in [0.2, 0.25) is 5.91 Å². The monoisotopic (exact) mass is 405 g/mol. The molecule has 2 aromatic heterocycles. The third-order valence-electron chi connectivity index (χ3n) is 5.60. The second-order valence-electron chi connectivity index (χ2n) is 7.72. The van der Waals surface area contributed by atoms with E-state index in [2.05, 4.69) is 15.2 Å². The lowest BCUT2D eigenvalue weighted by atomic mass is 10.2. The zero-order valence-corrected chi connectivity index (χ0v) is 17.1. The number of nitrogens with zero attached hydrogens (tertiary/aromatic N) is 4. The lowest BCUT2D eigenvalue weighted by Gasteiger charge is -2.14. The Morgan fingerprint density at radius 1 is 1.14 bits per heavy atom. The van der Waals surface area contributed by atoms with Gasteiger partial charge in [0.1, 0.15) is 11.2 Å². The second-order valence-corrected chi connectivity index (χ2v) is 8.70. The van der Waals surface area contributed by atoms with Gasteiger partial charge in [0.15, 0.2) is 10.8 Å². The zero-order valence-electron chi connectivity index (χ0n) is 16.3. The van der Waals surface area contributed by atoms with Crippen LogP contribution in [0.15, 0.2) is 9.59 Å². The summed E-state index contributed by atoms with van der Waals surface area (Å²) in [5.74, 6) is -0.187. The van der Waals surface area contributed by atoms with Crippen molar-refractivity contribution < 1.29 is 4.79 Å². The molecule has 1 saturated carbocycles. The number of hydrogen-bond donors (Lipinski definition) is 1. The fraction of sp³-hybridized carbons (Fsp3) is 0.684. The molecule has 1 aliphatic carbocycles. The Bertz CT molecular complexity index is 980. The van der Waals surface area contributed by atoms with Gasteiger partial charge >= 0.3 is 5.69 Å². The summed E-state index contributed by atoms with van der Waals surface area (Å²) >= 11 is 1.33. The molecule has 1 saturated heterocycles. The lowest BCUT2D eigenvalue weighted by molar-refractivity contribution is -0.122. The predicted octanol–water partition coefficient (Wildman–Crippen LogP) is 1.69. The fourth-order valence-corrected chi connectivity index (χ4v) is 5.23. The van der Waals surface area contributed by atoms with Gasteiger partial charge in [-0.3, -0.25) is 18.7 Å². The fourth-order valence-electron chi connectivity index (χ4n) is 4.16. The first-order valence-corrected chi connectivity index (χ1v) is 11.1. The number of hydrogen-bond acceptors (Lipinski definition) is 6. The number of carbonyl (C=O) groups is 1. The van der Waals surface area contributed by atoms with Gasteiger partial charge in [0.25, 0.3) is 5.56 Å². The minimum Gasteiger partial charge on any atom is -0.352 e. The Labute approximate surface area is 167 Å². The molecule has 1 N–H and O–H groups in total. The number of amides is 1. The molecule has 28 heavy (non-hydrogen) atoms. The van der Waals surface area contributed by atoms with E-state index in [1.807, 2.05) is 6.92 Å². The average molecular weight is 406 g/mol. The highest BCUT2D eigenvalue weighted by Gasteiger charge is 2.24. The van der Waals surface area contributed by atoms with Gasteiger partial charge in [-0.1, -0.05) is 31.1 Å². The number of aromatic nitrogens is 3. The molecule has 4 rings (SSSR count). The highest BCUT2D eigenvalue weighted by molar-refractivity contribution is 7.22. The van der Waals surface area contributed by atoms with Crippen LogP contribution < -0.4 is 21.5 Å². The molecule has 0 unspecified atom stereocenters. The Hall–Kier alpha value is -2.16. The van der Waals surface area contributed by atoms with Crippen molar-refractivity contribution in [3.8, 4) is 0 Å². The predicted molar refractivity (Wildman–Crippen MR) is 110 cm³/mol. The highest BCUT2D eigenvalue weighted by Crippen LogP contribution is 2.28. The third kappa shape index (κ3) is 3.59. The average Bonchev–Trinajstić information content (AvgIpc) is 3.43. The Balaban J connectivity index is 1.74. The molecule has 1 amide bonds. The van der Waals surface area contributed by atoms with Crippen LogP contribution in [0.1, 0.15) is 51.9 Å². The SMILES string of the molecule is CCCn1c(=O)c2sc(N3CCCC3)nc2n(CC(=O)NC2CCCC2)c1=O. The quantitative estimate of drug-likeness (QED) is 0.790. The van der Waals surface area contributed by atoms with Gasteiger partial charge in [-0.15, -0.1) is 0 Å². The molecule has 152 valence electrons. The van der Waals surface area contributed by atoms with E-state index in [0.29, 0.717) is 23.3 Å². The first-order chi connectivity index (χ1) is 13.6. The second kappa shape index (κ2) is 8.06. The Morgan fingerprint density at radius 2 is 1.86 bits per heavy atom. The van der Waals surface area contributed by atoms with Crippen molar-refractivity contribution in [2.45, 2.75) is 71.0 Å². The first kappa shape index (κ1) is 19.2. The van der Waals surface area contributed by atoms with Gasteiger partial charge < -0.3 is 10.2 Å². The smallest absolute Gasteiger partial charge is 0.333 e. The lowest BCUT2D eigenvalue weighted by Crippen LogP contribution is -2.43. The summed E-state index contributed by atoms with van der Waals surface area (Å²) in [7, 11) is 0. The number of nitrogens with one attached hydrogen (secondary N) is 1. The van der Waals surface area contributed by atoms with Crippen LogP contribution in [0.5, 0.6) is 0 Å². The van der Waals surface area contributed by atoms with Crippen LogP contribution in [0.2, 0.25) is 0 Å². The number of rotatable bonds is 6. The molecule has 0 atom stereocenters. The molecular weight excluding hydrogens is 378 g/mol. The van der Waals surface area contributed by atoms with Gasteiger partial charge in [0, 0.05) is 25.7 Å². The summed E-state index contributed by atoms with van der Waals surface area (Å²) in [5, 5.41) is 3.79. The summed E-state index contributed by atoms with van der Waals surface area (Å²) in [5.41, 5.74) is -0.396. The highest BCUT2D eigenvalue weighted by atomic mass is 32.1. The van der Waals surface area contributed by atoms with E-state index >= 15 is 0 Å². The normalized spacial score (nSPS) is 17.7. The van der Waals surface area contributed by atoms with Crippen LogP contribution in [0, 0.1) is 0 Å². The van der Waals surface area contributed by atoms with Gasteiger partial charge in [-0.25, -0.2) is 9.78 Å². The number of anilines is 1. The maximum absolute atomic E-state index is 13.0. The summed E-state index contributed by atoms with van der Waals surface area (Å²) in [6.45, 7) is 3.99. The van der Waals surface area contributed by atoms with E-state index in [9.17, 15) is 14.4 Å². The van der Waals surface area contributed by atoms with Gasteiger partial charge in [0.05, 0.1) is 0 Å². The largest absolute Gasteiger partial charge is 0.352 e. The standard InChI is InChI=1S/C19H27N5O3S/c1-2-9-23-17(26)15-16(21-18(28-15)22-10-5-6-11-22)24(19(23)27)12-14(25)20-13-7-3-4-8-13/h13H,2-12H2,1H3,(H,20,25). The minimum absolute atomic E-state index is 0.0982. The zero-order chi connectivity index (χ0) is 19.7. The van der Waals surface area contributed by atoms with Crippen LogP contribution in [0.3, 0.4) is 0 Å². The molecule has 9 heteroatoms. The van der Waals surface area contributed by atoms with Crippen molar-refractivity contribution in [1.82, 2.24) is 19.4 Å². The first-order valence-electron chi connectivity index (χ1n) is 10.3. The summed E-state index contributed by atoms with van der Waals surface area (Å²) < 4.78 is 3.09. The van der Waals surface area contributed by atoms with Crippen molar-refractivity contribution >= 4 is 32.7 Å². The molecule has 0 bridgehead atoms. The summed E-state index contributed by atoms with van der Waals surface area (Å²) in [6.07, 6.45) is 7.11. The molecule has 1 aliphatic heterocycles. The topological polar surface area (TPSA) is 89.2 Å². The molecular formula is C19H27N5O3S. The van der Waals surface area contributed by atoms with Gasteiger partial charge in [-0.05, 0) is 32.1 Å². The number of fused-ring (bicyclic) bond motifs is 1. The number of carbonyl (C=O) groups excluding carboxylic acids is 1. The van der Waals surface area contributed by atoms with Crippen molar-refractivity contribution in [2.75, 3.05) is 18.0 Å². The Morgan fingerprint density at radius 3 is 2.54 bits per heavy atom. The molecule has 8 nitrogen and oxygen atoms in total. The molecule has 3 heterocycles. The van der Waals surface area contributed by atoms with Crippen molar-refractivity contribution in [3.05, 3.63) is 20.8 Å². The van der Waals surface area contributed by atoms with Crippen molar-refractivity contribution in [2.24, 2.45) is 0 Å². The van der Waals surface area contributed by atoms with Gasteiger partial charge in [-0.2, -0.15) is 0 Å². The molecule has 0 aromatic carbocycles. The maximum atomic E-state index is 13.0. The molecule has 2 aromatic rings. The van der Waals surface area contributed by atoms with E-state index in [4.69, 9.17) is 0 Å². The number of thiazole rings is 1. The van der Waals surface area contributed by atoms with E-state index in [-0.39, 0.29) is 24.1 Å². The molecule has 0 spiro atoms. The van der Waals surface area contributed by atoms with E-state index in [1.54, 1.807) is 0 Å². The van der Waals surface area contributed by atoms with Crippen molar-refractivity contribution in [1.29, 1.82) is 0 Å². The molecule has 2 fully saturated rings. The van der Waals surface area contributed by atoms with E-state index < -0.39 is 5.69 Å². The molecule has 0 radical (unpaired) electrons. The van der Waals surface area contributed by atoms with Crippen LogP contribution in [0.4, 0.5) is 5.13 Å². The van der Waals surface area contributed by atoms with E-state index in [1.165, 1.54) is 20.5 Å². The van der Waals surface area contributed by atoms with Crippen molar-refractivity contribution in [3.63, 3.8) is 0 Å².